The summed E-state index contributed by atoms with van der Waals surface area (Å²) in [6.07, 6.45) is 38.8. The third-order valence-electron chi connectivity index (χ3n) is 8.47. The Morgan fingerprint density at radius 1 is 0.640 bits per heavy atom. The molecule has 1 N–H and O–H groups in total. The second-order valence-corrected chi connectivity index (χ2v) is 16.1. The number of nitrogens with zero attached hydrogens (tertiary/aromatic N) is 1. The molecule has 0 amide bonds. The van der Waals surface area contributed by atoms with Crippen LogP contribution in [0.25, 0.3) is 0 Å². The standard InChI is InChI=1S/C41H78NO7P/c1-6-8-10-12-14-16-18-20-22-24-26-28-30-32-34-41(43)49-40(39-48-50(44,45)47-37-35-42(3,4)5)38-46-36-33-31-29-27-25-23-21-19-17-15-13-11-9-7-2/h9,11,15,17,21,23,40H,6-8,10,12-14,16,18-20,22,24-39H2,1-5H3/p+1/b11-9-,17-15-,23-21-. The Balaban J connectivity index is 4.31. The molecule has 2 atom stereocenters. The molecule has 0 radical (unpaired) electrons. The van der Waals surface area contributed by atoms with Gasteiger partial charge >= 0.3 is 13.8 Å². The fourth-order valence-corrected chi connectivity index (χ4v) is 6.07. The molecule has 0 aromatic carbocycles. The van der Waals surface area contributed by atoms with Crippen LogP contribution < -0.4 is 0 Å². The highest BCUT2D eigenvalue weighted by atomic mass is 31.2. The number of carbonyl (C=O) groups excluding carboxylic acids is 1. The molecule has 0 aromatic rings. The number of ether oxygens (including phenoxy) is 2. The summed E-state index contributed by atoms with van der Waals surface area (Å²) in [4.78, 5) is 22.8. The van der Waals surface area contributed by atoms with Crippen LogP contribution in [0.4, 0.5) is 0 Å². The number of quaternary nitrogens is 1. The van der Waals surface area contributed by atoms with Crippen molar-refractivity contribution in [1.82, 2.24) is 0 Å². The predicted molar refractivity (Wildman–Crippen MR) is 210 cm³/mol. The van der Waals surface area contributed by atoms with E-state index in [1.807, 2.05) is 21.1 Å². The van der Waals surface area contributed by atoms with E-state index in [0.29, 0.717) is 24.1 Å². The van der Waals surface area contributed by atoms with E-state index in [4.69, 9.17) is 18.5 Å². The van der Waals surface area contributed by atoms with E-state index in [9.17, 15) is 14.3 Å². The highest BCUT2D eigenvalue weighted by Gasteiger charge is 2.26. The van der Waals surface area contributed by atoms with Crippen molar-refractivity contribution in [2.75, 3.05) is 54.1 Å². The smallest absolute Gasteiger partial charge is 0.457 e. The summed E-state index contributed by atoms with van der Waals surface area (Å²) >= 11 is 0. The quantitative estimate of drug-likeness (QED) is 0.0224. The van der Waals surface area contributed by atoms with Crippen LogP contribution in [-0.4, -0.2) is 75.6 Å². The van der Waals surface area contributed by atoms with Crippen LogP contribution in [0.1, 0.15) is 162 Å². The molecular weight excluding hydrogens is 649 g/mol. The van der Waals surface area contributed by atoms with E-state index in [1.165, 1.54) is 70.6 Å². The molecule has 0 fully saturated rings. The van der Waals surface area contributed by atoms with Gasteiger partial charge in [0.2, 0.25) is 0 Å². The van der Waals surface area contributed by atoms with E-state index in [2.05, 4.69) is 50.3 Å². The summed E-state index contributed by atoms with van der Waals surface area (Å²) in [5, 5.41) is 0. The molecule has 0 rings (SSSR count). The lowest BCUT2D eigenvalue weighted by Crippen LogP contribution is -2.37. The molecular formula is C41H79NO7P+. The van der Waals surface area contributed by atoms with E-state index in [-0.39, 0.29) is 25.8 Å². The summed E-state index contributed by atoms with van der Waals surface area (Å²) in [5.41, 5.74) is 0. The van der Waals surface area contributed by atoms with Crippen LogP contribution in [-0.2, 0) is 27.9 Å². The Hall–Kier alpha value is -1.28. The van der Waals surface area contributed by atoms with Crippen molar-refractivity contribution < 1.29 is 37.3 Å². The van der Waals surface area contributed by atoms with Crippen LogP contribution in [0.2, 0.25) is 0 Å². The van der Waals surface area contributed by atoms with Gasteiger partial charge in [0.05, 0.1) is 34.4 Å². The predicted octanol–water partition coefficient (Wildman–Crippen LogP) is 11.4. The fraction of sp³-hybridized carbons (Fsp3) is 0.829. The largest absolute Gasteiger partial charge is 0.472 e. The first-order valence-corrected chi connectivity index (χ1v) is 21.7. The van der Waals surface area contributed by atoms with Crippen molar-refractivity contribution in [3.8, 4) is 0 Å². The summed E-state index contributed by atoms with van der Waals surface area (Å²) in [6.45, 7) is 5.46. The average molecular weight is 729 g/mol. The van der Waals surface area contributed by atoms with Gasteiger partial charge in [0.25, 0.3) is 0 Å². The maximum atomic E-state index is 12.6. The second kappa shape index (κ2) is 34.8. The van der Waals surface area contributed by atoms with Gasteiger partial charge in [0.1, 0.15) is 19.3 Å². The minimum absolute atomic E-state index is 0.0845. The fourth-order valence-electron chi connectivity index (χ4n) is 5.33. The van der Waals surface area contributed by atoms with Crippen LogP contribution >= 0.6 is 7.82 Å². The van der Waals surface area contributed by atoms with Gasteiger partial charge in [0, 0.05) is 13.0 Å². The zero-order valence-electron chi connectivity index (χ0n) is 33.1. The molecule has 0 saturated heterocycles. The van der Waals surface area contributed by atoms with Gasteiger partial charge in [-0.1, -0.05) is 147 Å². The van der Waals surface area contributed by atoms with Gasteiger partial charge in [0.15, 0.2) is 0 Å². The lowest BCUT2D eigenvalue weighted by atomic mass is 10.0. The molecule has 8 nitrogen and oxygen atoms in total. The zero-order valence-corrected chi connectivity index (χ0v) is 34.0. The van der Waals surface area contributed by atoms with Crippen molar-refractivity contribution in [1.29, 1.82) is 0 Å². The molecule has 0 spiro atoms. The number of hydrogen-bond acceptors (Lipinski definition) is 6. The molecule has 50 heavy (non-hydrogen) atoms. The Morgan fingerprint density at radius 2 is 1.16 bits per heavy atom. The number of allylic oxidation sites excluding steroid dienone is 6. The molecule has 294 valence electrons. The third kappa shape index (κ3) is 38.0. The molecule has 9 heteroatoms. The number of phosphoric acid groups is 1. The van der Waals surface area contributed by atoms with E-state index in [0.717, 1.165) is 70.6 Å². The first-order chi connectivity index (χ1) is 24.1. The van der Waals surface area contributed by atoms with E-state index in [1.54, 1.807) is 0 Å². The van der Waals surface area contributed by atoms with Gasteiger partial charge in [-0.05, 0) is 44.9 Å². The first-order valence-electron chi connectivity index (χ1n) is 20.2. The number of likely N-dealkylation sites (N-methyl/N-ethyl adjacent to an activating group) is 1. The van der Waals surface area contributed by atoms with Gasteiger partial charge in [-0.25, -0.2) is 4.57 Å². The number of unbranched alkanes of at least 4 members (excludes halogenated alkanes) is 17. The maximum absolute atomic E-state index is 12.6. The Labute approximate surface area is 308 Å². The van der Waals surface area contributed by atoms with Crippen LogP contribution in [0.15, 0.2) is 36.5 Å². The second-order valence-electron chi connectivity index (χ2n) is 14.6. The van der Waals surface area contributed by atoms with Crippen LogP contribution in [0, 0.1) is 0 Å². The van der Waals surface area contributed by atoms with Crippen molar-refractivity contribution in [2.45, 2.75) is 168 Å². The van der Waals surface area contributed by atoms with Crippen LogP contribution in [0.3, 0.4) is 0 Å². The monoisotopic (exact) mass is 729 g/mol. The molecule has 0 aliphatic rings. The number of rotatable bonds is 37. The highest BCUT2D eigenvalue weighted by molar-refractivity contribution is 7.47. The molecule has 0 saturated carbocycles. The summed E-state index contributed by atoms with van der Waals surface area (Å²) < 4.78 is 34.9. The molecule has 0 bridgehead atoms. The molecule has 2 unspecified atom stereocenters. The topological polar surface area (TPSA) is 91.3 Å². The first kappa shape index (κ1) is 48.7. The summed E-state index contributed by atoms with van der Waals surface area (Å²) in [6, 6.07) is 0. The van der Waals surface area contributed by atoms with Crippen LogP contribution in [0.5, 0.6) is 0 Å². The van der Waals surface area contributed by atoms with Crippen molar-refractivity contribution >= 4 is 13.8 Å². The van der Waals surface area contributed by atoms with Gasteiger partial charge in [-0.3, -0.25) is 13.8 Å². The molecule has 0 aliphatic carbocycles. The maximum Gasteiger partial charge on any atom is 0.472 e. The zero-order chi connectivity index (χ0) is 37.0. The minimum atomic E-state index is -4.27. The number of phosphoric ester groups is 1. The molecule has 0 aliphatic heterocycles. The average Bonchev–Trinajstić information content (AvgIpc) is 3.06. The number of hydrogen-bond donors (Lipinski definition) is 1. The van der Waals surface area contributed by atoms with Crippen molar-refractivity contribution in [3.05, 3.63) is 36.5 Å². The minimum Gasteiger partial charge on any atom is -0.457 e. The van der Waals surface area contributed by atoms with Gasteiger partial charge in [-0.2, -0.15) is 0 Å². The van der Waals surface area contributed by atoms with E-state index < -0.39 is 13.9 Å². The van der Waals surface area contributed by atoms with Crippen molar-refractivity contribution in [2.24, 2.45) is 0 Å². The van der Waals surface area contributed by atoms with E-state index >= 15 is 0 Å². The summed E-state index contributed by atoms with van der Waals surface area (Å²) in [5.74, 6) is -0.322. The van der Waals surface area contributed by atoms with Gasteiger partial charge in [-0.15, -0.1) is 0 Å². The third-order valence-corrected chi connectivity index (χ3v) is 9.45. The Morgan fingerprint density at radius 3 is 1.74 bits per heavy atom. The number of carbonyl (C=O) groups is 1. The molecule has 0 aromatic heterocycles. The lowest BCUT2D eigenvalue weighted by molar-refractivity contribution is -0.870. The van der Waals surface area contributed by atoms with Gasteiger partial charge < -0.3 is 18.9 Å². The lowest BCUT2D eigenvalue weighted by Gasteiger charge is -2.24. The SMILES string of the molecule is CC/C=C\C/C=C\C/C=C\CCCCCCOCC(COP(=O)(O)OCC[N+](C)(C)C)OC(=O)CCCCCCCCCCCCCCCC. The highest BCUT2D eigenvalue weighted by Crippen LogP contribution is 2.43. The Kier molecular flexibility index (Phi) is 33.9. The number of esters is 1. The van der Waals surface area contributed by atoms with Crippen molar-refractivity contribution in [3.63, 3.8) is 0 Å². The molecule has 0 heterocycles. The normalized spacial score (nSPS) is 14.3. The summed E-state index contributed by atoms with van der Waals surface area (Å²) in [7, 11) is 1.65. The Bertz CT molecular complexity index is 900.